The first-order chi connectivity index (χ1) is 13.7. The molecule has 1 heterocycles. The second kappa shape index (κ2) is 7.92. The van der Waals surface area contributed by atoms with E-state index in [4.69, 9.17) is 14.7 Å². The molecule has 1 atom stereocenters. The van der Waals surface area contributed by atoms with Crippen LogP contribution in [-0.4, -0.2) is 27.3 Å². The van der Waals surface area contributed by atoms with Gasteiger partial charge in [0, 0.05) is 5.56 Å². The normalized spacial score (nSPS) is 16.5. The van der Waals surface area contributed by atoms with Crippen molar-refractivity contribution < 1.29 is 36.1 Å². The highest BCUT2D eigenvalue weighted by Gasteiger charge is 2.39. The van der Waals surface area contributed by atoms with Gasteiger partial charge in [-0.25, -0.2) is 9.18 Å². The van der Waals surface area contributed by atoms with Crippen molar-refractivity contribution in [3.05, 3.63) is 82.7 Å². The molecule has 3 rings (SSSR count). The zero-order chi connectivity index (χ0) is 21.2. The molecule has 0 spiro atoms. The average Bonchev–Trinajstić information content (AvgIpc) is 2.97. The van der Waals surface area contributed by atoms with Crippen LogP contribution in [0.15, 0.2) is 60.2 Å². The summed E-state index contributed by atoms with van der Waals surface area (Å²) >= 11 is 0. The van der Waals surface area contributed by atoms with E-state index < -0.39 is 51.2 Å². The van der Waals surface area contributed by atoms with Gasteiger partial charge in [0.15, 0.2) is 6.10 Å². The Hall–Kier alpha value is -3.40. The number of rotatable bonds is 6. The molecule has 0 fully saturated rings. The van der Waals surface area contributed by atoms with Gasteiger partial charge in [0.1, 0.15) is 11.6 Å². The van der Waals surface area contributed by atoms with Gasteiger partial charge in [0.05, 0.1) is 12.7 Å². The number of ether oxygens (including phenoxy) is 2. The number of halogens is 1. The van der Waals surface area contributed by atoms with Crippen molar-refractivity contribution in [1.82, 2.24) is 0 Å². The van der Waals surface area contributed by atoms with Crippen LogP contribution >= 0.6 is 0 Å². The van der Waals surface area contributed by atoms with E-state index in [0.717, 1.165) is 12.1 Å². The summed E-state index contributed by atoms with van der Waals surface area (Å²) in [5.74, 6) is -3.54. The standard InChI is InChI=1S/C19H16FNO7S/c1-26-19(23)13-6-4-12(5-7-13)16-15(22)17(18(21)27-16)28-29(24,25)10-11-2-8-14(20)9-3-11/h2-9,16H,10,21H2,1H3. The van der Waals surface area contributed by atoms with E-state index in [-0.39, 0.29) is 11.1 Å². The first-order valence-corrected chi connectivity index (χ1v) is 9.83. The predicted octanol–water partition coefficient (Wildman–Crippen LogP) is 1.93. The number of hydrogen-bond acceptors (Lipinski definition) is 8. The van der Waals surface area contributed by atoms with E-state index in [1.54, 1.807) is 0 Å². The quantitative estimate of drug-likeness (QED) is 0.555. The topological polar surface area (TPSA) is 122 Å². The molecule has 152 valence electrons. The molecule has 0 saturated heterocycles. The molecule has 0 saturated carbocycles. The number of nitrogens with two attached hydrogens (primary N) is 1. The molecule has 29 heavy (non-hydrogen) atoms. The lowest BCUT2D eigenvalue weighted by molar-refractivity contribution is -0.123. The van der Waals surface area contributed by atoms with Gasteiger partial charge in [-0.2, -0.15) is 8.42 Å². The van der Waals surface area contributed by atoms with Crippen molar-refractivity contribution in [1.29, 1.82) is 0 Å². The number of benzene rings is 2. The Balaban J connectivity index is 1.74. The zero-order valence-electron chi connectivity index (χ0n) is 15.1. The fourth-order valence-corrected chi connectivity index (χ4v) is 3.71. The zero-order valence-corrected chi connectivity index (χ0v) is 15.9. The molecule has 2 N–H and O–H groups in total. The maximum absolute atomic E-state index is 13.0. The van der Waals surface area contributed by atoms with Crippen LogP contribution < -0.4 is 5.73 Å². The summed E-state index contributed by atoms with van der Waals surface area (Å²) in [6, 6.07) is 10.6. The van der Waals surface area contributed by atoms with E-state index >= 15 is 0 Å². The van der Waals surface area contributed by atoms with Crippen molar-refractivity contribution in [2.45, 2.75) is 11.9 Å². The number of esters is 1. The fourth-order valence-electron chi connectivity index (χ4n) is 2.63. The molecule has 0 aliphatic carbocycles. The molecular weight excluding hydrogens is 405 g/mol. The number of carbonyl (C=O) groups is 2. The maximum Gasteiger partial charge on any atom is 0.337 e. The van der Waals surface area contributed by atoms with Gasteiger partial charge in [-0.05, 0) is 29.8 Å². The van der Waals surface area contributed by atoms with Crippen LogP contribution in [0.25, 0.3) is 0 Å². The molecule has 0 bridgehead atoms. The monoisotopic (exact) mass is 421 g/mol. The Bertz CT molecular complexity index is 1080. The molecule has 1 aliphatic rings. The van der Waals surface area contributed by atoms with Crippen molar-refractivity contribution in [3.8, 4) is 0 Å². The summed E-state index contributed by atoms with van der Waals surface area (Å²) in [5, 5.41) is 0. The number of carbonyl (C=O) groups excluding carboxylic acids is 2. The van der Waals surface area contributed by atoms with Crippen LogP contribution in [0.4, 0.5) is 4.39 Å². The van der Waals surface area contributed by atoms with Gasteiger partial charge in [-0.1, -0.05) is 24.3 Å². The molecule has 1 aliphatic heterocycles. The van der Waals surface area contributed by atoms with Gasteiger partial charge < -0.3 is 19.4 Å². The van der Waals surface area contributed by atoms with Crippen molar-refractivity contribution in [2.24, 2.45) is 5.73 Å². The second-order valence-electron chi connectivity index (χ2n) is 6.08. The minimum Gasteiger partial charge on any atom is -0.465 e. The highest BCUT2D eigenvalue weighted by atomic mass is 32.2. The maximum atomic E-state index is 13.0. The lowest BCUT2D eigenvalue weighted by Gasteiger charge is -2.10. The third kappa shape index (κ3) is 4.54. The van der Waals surface area contributed by atoms with Gasteiger partial charge >= 0.3 is 16.1 Å². The van der Waals surface area contributed by atoms with Gasteiger partial charge in [0.25, 0.3) is 0 Å². The molecule has 0 radical (unpaired) electrons. The third-order valence-electron chi connectivity index (χ3n) is 4.03. The number of methoxy groups -OCH3 is 1. The van der Waals surface area contributed by atoms with E-state index in [2.05, 4.69) is 4.74 Å². The Morgan fingerprint density at radius 2 is 1.76 bits per heavy atom. The van der Waals surface area contributed by atoms with E-state index in [1.807, 2.05) is 0 Å². The molecule has 2 aromatic carbocycles. The molecule has 0 amide bonds. The molecular formula is C19H16FNO7S. The Morgan fingerprint density at radius 3 is 2.34 bits per heavy atom. The fraction of sp³-hybridized carbons (Fsp3) is 0.158. The number of hydrogen-bond donors (Lipinski definition) is 1. The van der Waals surface area contributed by atoms with Crippen molar-refractivity contribution >= 4 is 21.9 Å². The highest BCUT2D eigenvalue weighted by molar-refractivity contribution is 7.86. The van der Waals surface area contributed by atoms with E-state index in [0.29, 0.717) is 5.56 Å². The third-order valence-corrected chi connectivity index (χ3v) is 5.14. The van der Waals surface area contributed by atoms with Crippen molar-refractivity contribution in [3.63, 3.8) is 0 Å². The summed E-state index contributed by atoms with van der Waals surface area (Å²) < 4.78 is 52.2. The average molecular weight is 421 g/mol. The second-order valence-corrected chi connectivity index (χ2v) is 7.65. The molecule has 0 aromatic heterocycles. The smallest absolute Gasteiger partial charge is 0.337 e. The summed E-state index contributed by atoms with van der Waals surface area (Å²) in [4.78, 5) is 24.1. The van der Waals surface area contributed by atoms with E-state index in [1.165, 1.54) is 43.5 Å². The predicted molar refractivity (Wildman–Crippen MR) is 97.9 cm³/mol. The minimum atomic E-state index is -4.25. The van der Waals surface area contributed by atoms with E-state index in [9.17, 15) is 22.4 Å². The van der Waals surface area contributed by atoms with Crippen LogP contribution in [0.5, 0.6) is 0 Å². The largest absolute Gasteiger partial charge is 0.465 e. The van der Waals surface area contributed by atoms with Crippen LogP contribution in [0, 0.1) is 5.82 Å². The Labute approximate surface area is 165 Å². The minimum absolute atomic E-state index is 0.265. The highest BCUT2D eigenvalue weighted by Crippen LogP contribution is 2.32. The van der Waals surface area contributed by atoms with Gasteiger partial charge in [-0.3, -0.25) is 4.79 Å². The van der Waals surface area contributed by atoms with Crippen LogP contribution in [0.2, 0.25) is 0 Å². The summed E-state index contributed by atoms with van der Waals surface area (Å²) in [7, 11) is -3.01. The Morgan fingerprint density at radius 1 is 1.14 bits per heavy atom. The molecule has 10 heteroatoms. The van der Waals surface area contributed by atoms with Crippen LogP contribution in [0.1, 0.15) is 27.6 Å². The van der Waals surface area contributed by atoms with Gasteiger partial charge in [-0.15, -0.1) is 0 Å². The number of Topliss-reactive ketones (excluding diaryl/α,β-unsaturated/α-hetero) is 1. The van der Waals surface area contributed by atoms with Gasteiger partial charge in [0.2, 0.25) is 17.4 Å². The summed E-state index contributed by atoms with van der Waals surface area (Å²) in [6.07, 6.45) is -1.21. The molecule has 2 aromatic rings. The first-order valence-electron chi connectivity index (χ1n) is 8.25. The van der Waals surface area contributed by atoms with Crippen molar-refractivity contribution in [2.75, 3.05) is 7.11 Å². The lowest BCUT2D eigenvalue weighted by atomic mass is 10.0. The lowest BCUT2D eigenvalue weighted by Crippen LogP contribution is -2.16. The molecule has 8 nitrogen and oxygen atoms in total. The SMILES string of the molecule is COC(=O)c1ccc(C2OC(N)=C(OS(=O)(=O)Cc3ccc(F)cc3)C2=O)cc1. The molecule has 1 unspecified atom stereocenters. The first kappa shape index (κ1) is 20.3. The van der Waals surface area contributed by atoms with Crippen LogP contribution in [-0.2, 0) is 34.3 Å². The summed E-state index contributed by atoms with van der Waals surface area (Å²) in [5.41, 5.74) is 6.52. The Kier molecular flexibility index (Phi) is 5.55. The van der Waals surface area contributed by atoms with Crippen LogP contribution in [0.3, 0.4) is 0 Å². The summed E-state index contributed by atoms with van der Waals surface area (Å²) in [6.45, 7) is 0. The number of ketones is 1.